The first kappa shape index (κ1) is 25.7. The summed E-state index contributed by atoms with van der Waals surface area (Å²) < 4.78 is 13.8. The van der Waals surface area contributed by atoms with Crippen LogP contribution in [0.4, 0.5) is 4.39 Å². The van der Waals surface area contributed by atoms with Crippen molar-refractivity contribution in [3.63, 3.8) is 0 Å². The van der Waals surface area contributed by atoms with E-state index in [9.17, 15) is 14.0 Å². The number of nitrogens with two attached hydrogens (primary N) is 1. The third-order valence-electron chi connectivity index (χ3n) is 6.42. The first-order chi connectivity index (χ1) is 15.7. The maximum absolute atomic E-state index is 13.8. The summed E-state index contributed by atoms with van der Waals surface area (Å²) in [6, 6.07) is 14.1. The molecule has 2 amide bonds. The molecule has 6 nitrogen and oxygen atoms in total. The van der Waals surface area contributed by atoms with Crippen molar-refractivity contribution in [1.82, 2.24) is 15.2 Å². The standard InChI is InChI=1S/C26H31FN4O2.ClH/c1-26(2,28)25(33)30-23(14-19-16-29-22-9-8-20(27)15-21(19)22)24(32)31-12-10-18(11-13-31)17-6-4-3-5-7-17;/h3-9,15-16,18,23,29H,10-14,28H2,1-2H3,(H,30,33);1H/t23-;/m1./s1. The summed E-state index contributed by atoms with van der Waals surface area (Å²) in [6.45, 7) is 4.46. The number of benzene rings is 2. The highest BCUT2D eigenvalue weighted by Crippen LogP contribution is 2.28. The molecule has 0 saturated carbocycles. The number of carbonyl (C=O) groups excluding carboxylic acids is 2. The van der Waals surface area contributed by atoms with Crippen LogP contribution in [-0.2, 0) is 16.0 Å². The van der Waals surface area contributed by atoms with Gasteiger partial charge in [0.2, 0.25) is 11.8 Å². The maximum Gasteiger partial charge on any atom is 0.245 e. The van der Waals surface area contributed by atoms with E-state index >= 15 is 0 Å². The van der Waals surface area contributed by atoms with Crippen LogP contribution in [0.1, 0.15) is 43.7 Å². The topological polar surface area (TPSA) is 91.2 Å². The fourth-order valence-corrected chi connectivity index (χ4v) is 4.46. The zero-order chi connectivity index (χ0) is 23.6. The van der Waals surface area contributed by atoms with Gasteiger partial charge in [-0.2, -0.15) is 0 Å². The summed E-state index contributed by atoms with van der Waals surface area (Å²) in [6.07, 6.45) is 3.77. The van der Waals surface area contributed by atoms with E-state index in [0.717, 1.165) is 23.9 Å². The summed E-state index contributed by atoms with van der Waals surface area (Å²) in [5.74, 6) is -0.458. The van der Waals surface area contributed by atoms with Crippen molar-refractivity contribution in [2.75, 3.05) is 13.1 Å². The molecule has 4 N–H and O–H groups in total. The lowest BCUT2D eigenvalue weighted by atomic mass is 9.89. The minimum Gasteiger partial charge on any atom is -0.361 e. The van der Waals surface area contributed by atoms with Gasteiger partial charge in [-0.3, -0.25) is 9.59 Å². The van der Waals surface area contributed by atoms with E-state index in [2.05, 4.69) is 22.4 Å². The van der Waals surface area contributed by atoms with Gasteiger partial charge >= 0.3 is 0 Å². The Balaban J connectivity index is 0.00000324. The SMILES string of the molecule is CC(C)(N)C(=O)N[C@H](Cc1c[nH]c2ccc(F)cc12)C(=O)N1CCC(c2ccccc2)CC1.Cl. The Kier molecular flexibility index (Phi) is 8.00. The summed E-state index contributed by atoms with van der Waals surface area (Å²) in [7, 11) is 0. The third-order valence-corrected chi connectivity index (χ3v) is 6.42. The van der Waals surface area contributed by atoms with Gasteiger partial charge in [-0.25, -0.2) is 4.39 Å². The number of amides is 2. The zero-order valence-electron chi connectivity index (χ0n) is 19.5. The van der Waals surface area contributed by atoms with Gasteiger partial charge in [0.1, 0.15) is 11.9 Å². The average Bonchev–Trinajstić information content (AvgIpc) is 3.20. The smallest absolute Gasteiger partial charge is 0.245 e. The van der Waals surface area contributed by atoms with Crippen molar-refractivity contribution >= 4 is 35.1 Å². The van der Waals surface area contributed by atoms with Crippen LogP contribution in [0.3, 0.4) is 0 Å². The number of piperidine rings is 1. The monoisotopic (exact) mass is 486 g/mol. The number of H-pyrrole nitrogens is 1. The Bertz CT molecular complexity index is 1130. The minimum atomic E-state index is -1.12. The van der Waals surface area contributed by atoms with E-state index in [4.69, 9.17) is 5.73 Å². The molecule has 0 unspecified atom stereocenters. The molecule has 34 heavy (non-hydrogen) atoms. The molecule has 1 aromatic heterocycles. The number of nitrogens with zero attached hydrogens (tertiary/aromatic N) is 1. The predicted molar refractivity (Wildman–Crippen MR) is 134 cm³/mol. The summed E-state index contributed by atoms with van der Waals surface area (Å²) in [5, 5.41) is 3.56. The quantitative estimate of drug-likeness (QED) is 0.493. The Hall–Kier alpha value is -2.90. The number of carbonyl (C=O) groups is 2. The Labute approximate surface area is 205 Å². The molecule has 2 aromatic carbocycles. The van der Waals surface area contributed by atoms with Crippen molar-refractivity contribution < 1.29 is 14.0 Å². The lowest BCUT2D eigenvalue weighted by Crippen LogP contribution is -2.57. The average molecular weight is 487 g/mol. The van der Waals surface area contributed by atoms with Crippen molar-refractivity contribution in [2.45, 2.75) is 50.6 Å². The van der Waals surface area contributed by atoms with E-state index in [1.54, 1.807) is 26.1 Å². The van der Waals surface area contributed by atoms with Gasteiger partial charge in [-0.05, 0) is 61.9 Å². The molecule has 4 rings (SSSR count). The lowest BCUT2D eigenvalue weighted by Gasteiger charge is -2.35. The van der Waals surface area contributed by atoms with Crippen LogP contribution in [0.5, 0.6) is 0 Å². The number of fused-ring (bicyclic) bond motifs is 1. The molecule has 1 atom stereocenters. The molecule has 0 aliphatic carbocycles. The Morgan fingerprint density at radius 3 is 2.50 bits per heavy atom. The van der Waals surface area contributed by atoms with Crippen molar-refractivity contribution in [2.24, 2.45) is 5.73 Å². The maximum atomic E-state index is 13.8. The van der Waals surface area contributed by atoms with Crippen molar-refractivity contribution in [3.05, 3.63) is 71.7 Å². The highest BCUT2D eigenvalue weighted by molar-refractivity contribution is 5.92. The molecule has 2 heterocycles. The van der Waals surface area contributed by atoms with E-state index in [1.165, 1.54) is 17.7 Å². The van der Waals surface area contributed by atoms with Gasteiger partial charge in [0.05, 0.1) is 5.54 Å². The van der Waals surface area contributed by atoms with Crippen molar-refractivity contribution in [3.8, 4) is 0 Å². The van der Waals surface area contributed by atoms with Gasteiger partial charge in [-0.15, -0.1) is 12.4 Å². The summed E-state index contributed by atoms with van der Waals surface area (Å²) in [4.78, 5) is 31.1. The molecule has 0 bridgehead atoms. The molecular formula is C26H32ClFN4O2. The van der Waals surface area contributed by atoms with Crippen LogP contribution < -0.4 is 11.1 Å². The third kappa shape index (κ3) is 5.77. The van der Waals surface area contributed by atoms with Gasteiger partial charge in [0.25, 0.3) is 0 Å². The molecule has 1 aliphatic heterocycles. The van der Waals surface area contributed by atoms with Gasteiger partial charge in [-0.1, -0.05) is 30.3 Å². The number of aromatic nitrogens is 1. The van der Waals surface area contributed by atoms with E-state index < -0.39 is 17.5 Å². The molecule has 0 radical (unpaired) electrons. The zero-order valence-corrected chi connectivity index (χ0v) is 20.3. The fourth-order valence-electron chi connectivity index (χ4n) is 4.46. The van der Waals surface area contributed by atoms with E-state index in [1.807, 2.05) is 23.1 Å². The van der Waals surface area contributed by atoms with Crippen LogP contribution in [0.15, 0.2) is 54.7 Å². The highest BCUT2D eigenvalue weighted by Gasteiger charge is 2.33. The molecule has 1 fully saturated rings. The second-order valence-electron chi connectivity index (χ2n) is 9.47. The molecular weight excluding hydrogens is 455 g/mol. The van der Waals surface area contributed by atoms with E-state index in [0.29, 0.717) is 24.4 Å². The van der Waals surface area contributed by atoms with Crippen LogP contribution in [0, 0.1) is 5.82 Å². The van der Waals surface area contributed by atoms with Crippen molar-refractivity contribution in [1.29, 1.82) is 0 Å². The van der Waals surface area contributed by atoms with Crippen LogP contribution in [0.2, 0.25) is 0 Å². The Morgan fingerprint density at radius 2 is 1.85 bits per heavy atom. The predicted octanol–water partition coefficient (Wildman–Crippen LogP) is 3.90. The number of likely N-dealkylation sites (tertiary alicyclic amines) is 1. The molecule has 3 aromatic rings. The number of halogens is 2. The molecule has 1 saturated heterocycles. The largest absolute Gasteiger partial charge is 0.361 e. The normalized spacial score (nSPS) is 15.6. The van der Waals surface area contributed by atoms with Crippen LogP contribution in [0.25, 0.3) is 10.9 Å². The number of aromatic amines is 1. The molecule has 0 spiro atoms. The molecule has 1 aliphatic rings. The van der Waals surface area contributed by atoms with Gasteiger partial charge in [0.15, 0.2) is 0 Å². The summed E-state index contributed by atoms with van der Waals surface area (Å²) >= 11 is 0. The van der Waals surface area contributed by atoms with E-state index in [-0.39, 0.29) is 30.6 Å². The van der Waals surface area contributed by atoms with Gasteiger partial charge in [0, 0.05) is 36.6 Å². The Morgan fingerprint density at radius 1 is 1.18 bits per heavy atom. The minimum absolute atomic E-state index is 0. The number of hydrogen-bond acceptors (Lipinski definition) is 3. The molecule has 182 valence electrons. The lowest BCUT2D eigenvalue weighted by molar-refractivity contribution is -0.138. The summed E-state index contributed by atoms with van der Waals surface area (Å²) in [5.41, 5.74) is 7.71. The molecule has 8 heteroatoms. The second-order valence-corrected chi connectivity index (χ2v) is 9.47. The number of nitrogens with one attached hydrogen (secondary N) is 2. The highest BCUT2D eigenvalue weighted by atomic mass is 35.5. The first-order valence-corrected chi connectivity index (χ1v) is 11.4. The van der Waals surface area contributed by atoms with Crippen LogP contribution in [-0.4, -0.2) is 46.4 Å². The van der Waals surface area contributed by atoms with Crippen LogP contribution >= 0.6 is 12.4 Å². The number of rotatable bonds is 6. The fraction of sp³-hybridized carbons (Fsp3) is 0.385. The number of hydrogen-bond donors (Lipinski definition) is 3. The first-order valence-electron chi connectivity index (χ1n) is 11.4. The second kappa shape index (κ2) is 10.6. The van der Waals surface area contributed by atoms with Gasteiger partial charge < -0.3 is 20.9 Å².